The molecule has 2 aliphatic rings. The quantitative estimate of drug-likeness (QED) is 0.881. The molecule has 0 unspecified atom stereocenters. The van der Waals surface area contributed by atoms with E-state index in [0.717, 1.165) is 32.1 Å². The van der Waals surface area contributed by atoms with Crippen LogP contribution in [-0.4, -0.2) is 54.3 Å². The van der Waals surface area contributed by atoms with Crippen LogP contribution < -0.4 is 5.32 Å². The minimum atomic E-state index is -0.180. The van der Waals surface area contributed by atoms with Gasteiger partial charge in [0.05, 0.1) is 16.8 Å². The topological polar surface area (TPSA) is 52.7 Å². The normalized spacial score (nSPS) is 17.9. The van der Waals surface area contributed by atoms with Crippen molar-refractivity contribution in [3.8, 4) is 0 Å². The lowest BCUT2D eigenvalue weighted by Gasteiger charge is -2.35. The smallest absolute Gasteiger partial charge is 0.256 e. The van der Waals surface area contributed by atoms with Gasteiger partial charge in [-0.05, 0) is 42.3 Å². The Morgan fingerprint density at radius 1 is 1.08 bits per heavy atom. The third-order valence-corrected chi connectivity index (χ3v) is 5.75. The third kappa shape index (κ3) is 3.97. The summed E-state index contributed by atoms with van der Waals surface area (Å²) < 4.78 is 0. The number of para-hydroxylation sites is 1. The van der Waals surface area contributed by atoms with E-state index in [-0.39, 0.29) is 11.8 Å². The maximum absolute atomic E-state index is 13.0. The van der Waals surface area contributed by atoms with E-state index < -0.39 is 0 Å². The molecule has 5 nitrogen and oxygen atoms in total. The maximum Gasteiger partial charge on any atom is 0.256 e. The zero-order valence-corrected chi connectivity index (χ0v) is 15.5. The molecule has 4 rings (SSSR count). The Kier molecular flexibility index (Phi) is 5.04. The van der Waals surface area contributed by atoms with Gasteiger partial charge in [-0.25, -0.2) is 0 Å². The van der Waals surface area contributed by atoms with Crippen LogP contribution >= 0.6 is 11.3 Å². The van der Waals surface area contributed by atoms with E-state index in [4.69, 9.17) is 0 Å². The second-order valence-corrected chi connectivity index (χ2v) is 7.83. The van der Waals surface area contributed by atoms with Crippen molar-refractivity contribution in [2.75, 3.05) is 38.0 Å². The lowest BCUT2D eigenvalue weighted by Crippen LogP contribution is -2.49. The summed E-state index contributed by atoms with van der Waals surface area (Å²) >= 11 is 1.48. The molecule has 2 amide bonds. The van der Waals surface area contributed by atoms with Crippen LogP contribution in [0.1, 0.15) is 33.6 Å². The molecule has 1 aromatic heterocycles. The summed E-state index contributed by atoms with van der Waals surface area (Å²) in [6.07, 6.45) is 2.71. The van der Waals surface area contributed by atoms with Crippen molar-refractivity contribution in [1.29, 1.82) is 0 Å². The van der Waals surface area contributed by atoms with Crippen molar-refractivity contribution in [2.24, 2.45) is 5.92 Å². The molecule has 0 radical (unpaired) electrons. The summed E-state index contributed by atoms with van der Waals surface area (Å²) in [6.45, 7) is 4.55. The Bertz CT molecular complexity index is 778. The number of anilines is 1. The van der Waals surface area contributed by atoms with Crippen molar-refractivity contribution in [2.45, 2.75) is 12.8 Å². The first-order chi connectivity index (χ1) is 12.7. The minimum Gasteiger partial charge on any atom is -0.336 e. The molecule has 1 N–H and O–H groups in total. The predicted molar refractivity (Wildman–Crippen MR) is 104 cm³/mol. The number of piperazine rings is 1. The summed E-state index contributed by atoms with van der Waals surface area (Å²) in [7, 11) is 0. The number of nitrogens with one attached hydrogen (secondary N) is 1. The van der Waals surface area contributed by atoms with Crippen LogP contribution in [0.15, 0.2) is 41.1 Å². The molecule has 2 heterocycles. The Morgan fingerprint density at radius 3 is 2.54 bits per heavy atom. The molecular weight excluding hydrogens is 346 g/mol. The fraction of sp³-hybridized carbons (Fsp3) is 0.400. The van der Waals surface area contributed by atoms with Crippen LogP contribution in [0.2, 0.25) is 0 Å². The van der Waals surface area contributed by atoms with Crippen LogP contribution in [0.25, 0.3) is 0 Å². The van der Waals surface area contributed by atoms with Gasteiger partial charge in [-0.1, -0.05) is 12.1 Å². The Morgan fingerprint density at radius 2 is 1.85 bits per heavy atom. The van der Waals surface area contributed by atoms with Crippen molar-refractivity contribution in [3.05, 3.63) is 52.2 Å². The van der Waals surface area contributed by atoms with E-state index in [2.05, 4.69) is 10.2 Å². The number of thiophene rings is 1. The number of carbonyl (C=O) groups is 2. The van der Waals surface area contributed by atoms with Gasteiger partial charge in [-0.2, -0.15) is 11.3 Å². The summed E-state index contributed by atoms with van der Waals surface area (Å²) in [4.78, 5) is 29.7. The van der Waals surface area contributed by atoms with E-state index in [1.54, 1.807) is 23.6 Å². The summed E-state index contributed by atoms with van der Waals surface area (Å²) in [6, 6.07) is 9.05. The predicted octanol–water partition coefficient (Wildman–Crippen LogP) is 3.17. The van der Waals surface area contributed by atoms with Crippen LogP contribution in [0.3, 0.4) is 0 Å². The van der Waals surface area contributed by atoms with Gasteiger partial charge in [0, 0.05) is 38.1 Å². The van der Waals surface area contributed by atoms with Crippen molar-refractivity contribution < 1.29 is 9.59 Å². The Labute approximate surface area is 157 Å². The van der Waals surface area contributed by atoms with Crippen molar-refractivity contribution in [3.63, 3.8) is 0 Å². The van der Waals surface area contributed by atoms with Gasteiger partial charge >= 0.3 is 0 Å². The van der Waals surface area contributed by atoms with E-state index in [0.29, 0.717) is 16.8 Å². The maximum atomic E-state index is 13.0. The van der Waals surface area contributed by atoms with Crippen molar-refractivity contribution in [1.82, 2.24) is 9.80 Å². The highest BCUT2D eigenvalue weighted by molar-refractivity contribution is 7.08. The van der Waals surface area contributed by atoms with Crippen LogP contribution in [0.5, 0.6) is 0 Å². The second kappa shape index (κ2) is 7.60. The van der Waals surface area contributed by atoms with E-state index in [1.807, 2.05) is 22.4 Å². The lowest BCUT2D eigenvalue weighted by atomic mass is 10.1. The van der Waals surface area contributed by atoms with Crippen LogP contribution in [0.4, 0.5) is 5.69 Å². The average molecular weight is 369 g/mol. The number of rotatable bonds is 5. The van der Waals surface area contributed by atoms with Crippen LogP contribution in [-0.2, 0) is 0 Å². The van der Waals surface area contributed by atoms with E-state index >= 15 is 0 Å². The molecule has 1 aliphatic carbocycles. The second-order valence-electron chi connectivity index (χ2n) is 7.05. The third-order valence-electron chi connectivity index (χ3n) is 5.06. The van der Waals surface area contributed by atoms with Gasteiger partial charge in [0.15, 0.2) is 0 Å². The molecule has 0 spiro atoms. The molecule has 1 aliphatic heterocycles. The van der Waals surface area contributed by atoms with Gasteiger partial charge in [0.2, 0.25) is 0 Å². The standard InChI is InChI=1S/C20H23N3O2S/c24-19(16-7-12-26-14-16)21-18-4-2-1-3-17(18)20(25)23-10-8-22(9-11-23)13-15-5-6-15/h1-4,7,12,14-15H,5-6,8-11,13H2,(H,21,24). The van der Waals surface area contributed by atoms with E-state index in [9.17, 15) is 9.59 Å². The first-order valence-electron chi connectivity index (χ1n) is 9.15. The Hall–Kier alpha value is -2.18. The van der Waals surface area contributed by atoms with Crippen LogP contribution in [0, 0.1) is 5.92 Å². The average Bonchev–Trinajstić information content (AvgIpc) is 3.30. The highest BCUT2D eigenvalue weighted by atomic mass is 32.1. The molecule has 26 heavy (non-hydrogen) atoms. The Balaban J connectivity index is 1.42. The molecule has 136 valence electrons. The number of nitrogens with zero attached hydrogens (tertiary/aromatic N) is 2. The number of hydrogen-bond donors (Lipinski definition) is 1. The van der Waals surface area contributed by atoms with Gasteiger partial charge in [0.1, 0.15) is 0 Å². The molecule has 1 aromatic carbocycles. The zero-order valence-electron chi connectivity index (χ0n) is 14.7. The van der Waals surface area contributed by atoms with E-state index in [1.165, 1.54) is 30.7 Å². The lowest BCUT2D eigenvalue weighted by molar-refractivity contribution is 0.0633. The number of carbonyl (C=O) groups excluding carboxylic acids is 2. The first-order valence-corrected chi connectivity index (χ1v) is 10.1. The largest absolute Gasteiger partial charge is 0.336 e. The molecule has 2 aromatic rings. The van der Waals surface area contributed by atoms with Gasteiger partial charge in [0.25, 0.3) is 11.8 Å². The number of amides is 2. The van der Waals surface area contributed by atoms with Gasteiger partial charge in [-0.15, -0.1) is 0 Å². The zero-order chi connectivity index (χ0) is 17.9. The van der Waals surface area contributed by atoms with Gasteiger partial charge in [-0.3, -0.25) is 14.5 Å². The summed E-state index contributed by atoms with van der Waals surface area (Å²) in [5.74, 6) is 0.698. The fourth-order valence-electron chi connectivity index (χ4n) is 3.34. The minimum absolute atomic E-state index is 0.00251. The van der Waals surface area contributed by atoms with Gasteiger partial charge < -0.3 is 10.2 Å². The summed E-state index contributed by atoms with van der Waals surface area (Å²) in [5.41, 5.74) is 1.76. The fourth-order valence-corrected chi connectivity index (χ4v) is 3.97. The molecule has 0 atom stereocenters. The molecular formula is C20H23N3O2S. The number of hydrogen-bond acceptors (Lipinski definition) is 4. The monoisotopic (exact) mass is 369 g/mol. The molecule has 1 saturated carbocycles. The molecule has 0 bridgehead atoms. The molecule has 6 heteroatoms. The molecule has 1 saturated heterocycles. The molecule has 2 fully saturated rings. The first kappa shape index (κ1) is 17.2. The SMILES string of the molecule is O=C(Nc1ccccc1C(=O)N1CCN(CC2CC2)CC1)c1ccsc1. The van der Waals surface area contributed by atoms with Crippen molar-refractivity contribution >= 4 is 28.8 Å². The highest BCUT2D eigenvalue weighted by Crippen LogP contribution is 2.30. The number of benzene rings is 1. The highest BCUT2D eigenvalue weighted by Gasteiger charge is 2.28. The summed E-state index contributed by atoms with van der Waals surface area (Å²) in [5, 5.41) is 6.56.